The van der Waals surface area contributed by atoms with Crippen LogP contribution in [-0.2, 0) is 0 Å². The number of nitrogens with zero attached hydrogens (tertiary/aromatic N) is 1. The molecule has 0 saturated carbocycles. The van der Waals surface area contributed by atoms with Gasteiger partial charge in [0.2, 0.25) is 0 Å². The molecule has 6 heteroatoms. The Morgan fingerprint density at radius 2 is 1.95 bits per heavy atom. The van der Waals surface area contributed by atoms with Gasteiger partial charge in [0.25, 0.3) is 0 Å². The van der Waals surface area contributed by atoms with Crippen molar-refractivity contribution < 1.29 is 4.39 Å². The van der Waals surface area contributed by atoms with E-state index >= 15 is 0 Å². The maximum absolute atomic E-state index is 12.9. The third kappa shape index (κ3) is 4.81. The van der Waals surface area contributed by atoms with Crippen LogP contribution in [0.1, 0.15) is 11.1 Å². The summed E-state index contributed by atoms with van der Waals surface area (Å²) in [6.07, 6.45) is 1.48. The van der Waals surface area contributed by atoms with Gasteiger partial charge in [0, 0.05) is 11.3 Å². The van der Waals surface area contributed by atoms with E-state index in [4.69, 9.17) is 23.8 Å². The summed E-state index contributed by atoms with van der Waals surface area (Å²) < 4.78 is 12.9. The van der Waals surface area contributed by atoms with Crippen LogP contribution in [0.4, 0.5) is 10.1 Å². The average Bonchev–Trinajstić information content (AvgIpc) is 2.44. The molecular formula is C15H13ClFN3S. The molecule has 0 aliphatic carbocycles. The second kappa shape index (κ2) is 7.15. The van der Waals surface area contributed by atoms with Crippen LogP contribution in [0.3, 0.4) is 0 Å². The predicted octanol–water partition coefficient (Wildman–Crippen LogP) is 4.11. The van der Waals surface area contributed by atoms with Crippen molar-refractivity contribution in [3.8, 4) is 0 Å². The number of hydrazone groups is 1. The lowest BCUT2D eigenvalue weighted by Crippen LogP contribution is -2.23. The molecule has 0 amide bonds. The average molecular weight is 322 g/mol. The number of benzene rings is 2. The van der Waals surface area contributed by atoms with Crippen LogP contribution in [-0.4, -0.2) is 11.3 Å². The monoisotopic (exact) mass is 321 g/mol. The van der Waals surface area contributed by atoms with Crippen molar-refractivity contribution in [3.63, 3.8) is 0 Å². The lowest BCUT2D eigenvalue weighted by molar-refractivity contribution is 0.628. The first-order valence-electron chi connectivity index (χ1n) is 6.16. The molecule has 0 bridgehead atoms. The quantitative estimate of drug-likeness (QED) is 0.507. The summed E-state index contributed by atoms with van der Waals surface area (Å²) >= 11 is 11.0. The van der Waals surface area contributed by atoms with Crippen molar-refractivity contribution in [2.24, 2.45) is 5.10 Å². The van der Waals surface area contributed by atoms with Gasteiger partial charge in [-0.05, 0) is 49.5 Å². The molecule has 2 N–H and O–H groups in total. The van der Waals surface area contributed by atoms with E-state index in [2.05, 4.69) is 15.8 Å². The van der Waals surface area contributed by atoms with Gasteiger partial charge in [-0.25, -0.2) is 4.39 Å². The standard InChI is InChI=1S/C15H13ClFN3S/c1-10-2-6-13(7-3-10)19-15(21)20-18-9-11-4-5-12(17)8-14(11)16/h2-9H,1H3,(H2,19,20,21)/b18-9+. The molecule has 0 aliphatic heterocycles. The molecular weight excluding hydrogens is 309 g/mol. The first-order chi connectivity index (χ1) is 10.0. The van der Waals surface area contributed by atoms with Gasteiger partial charge in [-0.3, -0.25) is 5.43 Å². The van der Waals surface area contributed by atoms with Gasteiger partial charge in [-0.1, -0.05) is 29.3 Å². The number of hydrogen-bond acceptors (Lipinski definition) is 2. The number of thiocarbonyl (C=S) groups is 1. The van der Waals surface area contributed by atoms with Gasteiger partial charge >= 0.3 is 0 Å². The van der Waals surface area contributed by atoms with E-state index in [1.807, 2.05) is 31.2 Å². The molecule has 0 heterocycles. The highest BCUT2D eigenvalue weighted by Gasteiger charge is 1.99. The van der Waals surface area contributed by atoms with Crippen molar-refractivity contribution >= 4 is 40.8 Å². The smallest absolute Gasteiger partial charge is 0.191 e. The highest BCUT2D eigenvalue weighted by atomic mass is 35.5. The van der Waals surface area contributed by atoms with Gasteiger partial charge in [0.15, 0.2) is 5.11 Å². The molecule has 0 aromatic heterocycles. The van der Waals surface area contributed by atoms with Crippen LogP contribution in [0.5, 0.6) is 0 Å². The summed E-state index contributed by atoms with van der Waals surface area (Å²) in [5, 5.41) is 7.60. The maximum Gasteiger partial charge on any atom is 0.191 e. The Morgan fingerprint density at radius 1 is 1.24 bits per heavy atom. The van der Waals surface area contributed by atoms with Crippen LogP contribution in [0.15, 0.2) is 47.6 Å². The Bertz CT molecular complexity index is 671. The maximum atomic E-state index is 12.9. The van der Waals surface area contributed by atoms with Gasteiger partial charge in [-0.2, -0.15) is 5.10 Å². The fourth-order valence-corrected chi connectivity index (χ4v) is 1.95. The minimum absolute atomic E-state index is 0.290. The van der Waals surface area contributed by atoms with Crippen molar-refractivity contribution in [1.82, 2.24) is 5.43 Å². The number of aryl methyl sites for hydroxylation is 1. The Hall–Kier alpha value is -1.98. The van der Waals surface area contributed by atoms with Crippen molar-refractivity contribution in [3.05, 3.63) is 64.4 Å². The molecule has 108 valence electrons. The van der Waals surface area contributed by atoms with Gasteiger partial charge in [0.05, 0.1) is 11.2 Å². The van der Waals surface area contributed by atoms with E-state index in [0.717, 1.165) is 5.69 Å². The molecule has 0 fully saturated rings. The third-order valence-electron chi connectivity index (χ3n) is 2.64. The molecule has 3 nitrogen and oxygen atoms in total. The largest absolute Gasteiger partial charge is 0.331 e. The first-order valence-corrected chi connectivity index (χ1v) is 6.95. The van der Waals surface area contributed by atoms with Gasteiger partial charge in [-0.15, -0.1) is 0 Å². The van der Waals surface area contributed by atoms with Crippen LogP contribution >= 0.6 is 23.8 Å². The highest BCUT2D eigenvalue weighted by Crippen LogP contribution is 2.15. The lowest BCUT2D eigenvalue weighted by atomic mass is 10.2. The molecule has 2 rings (SSSR count). The third-order valence-corrected chi connectivity index (χ3v) is 3.16. The Kier molecular flexibility index (Phi) is 5.25. The predicted molar refractivity (Wildman–Crippen MR) is 89.5 cm³/mol. The number of hydrogen-bond donors (Lipinski definition) is 2. The van der Waals surface area contributed by atoms with E-state index < -0.39 is 0 Å². The summed E-state index contributed by atoms with van der Waals surface area (Å²) in [6, 6.07) is 11.9. The van der Waals surface area contributed by atoms with E-state index in [1.54, 1.807) is 6.07 Å². The Balaban J connectivity index is 1.91. The van der Waals surface area contributed by atoms with E-state index in [9.17, 15) is 4.39 Å². The summed E-state index contributed by atoms with van der Waals surface area (Å²) in [6.45, 7) is 2.01. The normalized spacial score (nSPS) is 10.6. The zero-order valence-corrected chi connectivity index (χ0v) is 12.8. The molecule has 0 saturated heterocycles. The molecule has 21 heavy (non-hydrogen) atoms. The van der Waals surface area contributed by atoms with Crippen LogP contribution < -0.4 is 10.7 Å². The summed E-state index contributed by atoms with van der Waals surface area (Å²) in [4.78, 5) is 0. The van der Waals surface area contributed by atoms with Gasteiger partial charge < -0.3 is 5.32 Å². The zero-order valence-electron chi connectivity index (χ0n) is 11.2. The molecule has 2 aromatic rings. The second-order valence-electron chi connectivity index (χ2n) is 4.36. The van der Waals surface area contributed by atoms with E-state index in [0.29, 0.717) is 10.7 Å². The van der Waals surface area contributed by atoms with Gasteiger partial charge in [0.1, 0.15) is 5.82 Å². The Morgan fingerprint density at radius 3 is 2.62 bits per heavy atom. The van der Waals surface area contributed by atoms with Crippen LogP contribution in [0.2, 0.25) is 5.02 Å². The van der Waals surface area contributed by atoms with E-state index in [-0.39, 0.29) is 10.8 Å². The SMILES string of the molecule is Cc1ccc(NC(=S)N/N=C/c2ccc(F)cc2Cl)cc1. The number of anilines is 1. The molecule has 0 radical (unpaired) electrons. The lowest BCUT2D eigenvalue weighted by Gasteiger charge is -2.07. The zero-order chi connectivity index (χ0) is 15.2. The summed E-state index contributed by atoms with van der Waals surface area (Å²) in [5.74, 6) is -0.387. The number of rotatable bonds is 3. The van der Waals surface area contributed by atoms with Crippen molar-refractivity contribution in [2.75, 3.05) is 5.32 Å². The molecule has 2 aromatic carbocycles. The number of halogens is 2. The highest BCUT2D eigenvalue weighted by molar-refractivity contribution is 7.80. The second-order valence-corrected chi connectivity index (χ2v) is 5.17. The summed E-state index contributed by atoms with van der Waals surface area (Å²) in [5.41, 5.74) is 5.31. The summed E-state index contributed by atoms with van der Waals surface area (Å²) in [7, 11) is 0. The van der Waals surface area contributed by atoms with Crippen LogP contribution in [0, 0.1) is 12.7 Å². The van der Waals surface area contributed by atoms with E-state index in [1.165, 1.54) is 23.9 Å². The Labute approximate surface area is 132 Å². The minimum atomic E-state index is -0.387. The molecule has 0 spiro atoms. The minimum Gasteiger partial charge on any atom is -0.331 e. The fraction of sp³-hybridized carbons (Fsp3) is 0.0667. The molecule has 0 aliphatic rings. The first kappa shape index (κ1) is 15.4. The van der Waals surface area contributed by atoms with Crippen LogP contribution in [0.25, 0.3) is 0 Å². The van der Waals surface area contributed by atoms with Crippen molar-refractivity contribution in [2.45, 2.75) is 6.92 Å². The topological polar surface area (TPSA) is 36.4 Å². The molecule has 0 unspecified atom stereocenters. The molecule has 0 atom stereocenters. The number of nitrogens with one attached hydrogen (secondary N) is 2. The van der Waals surface area contributed by atoms with Crippen molar-refractivity contribution in [1.29, 1.82) is 0 Å². The fourth-order valence-electron chi connectivity index (χ4n) is 1.56.